The standard InChI is InChI=1S/C85H98N2/c1-7-11-15-17-19-21-23-32-54-85(55-33-24-22-20-18-16-12-8-2)81-40-30-28-38-76(81)77-52-51-74(62-82(77)85)86(72-47-42-66(43-48-72)65-36-26-25-27-37-65)73-49-44-67(45-50-73)69-46-53-84-80(61-69)78-39-29-31-41-83(78)87(84)75-57-63(5)56-71(59-75)79-60-68(34-13-9-3)64(6)58-70(79)35-14-10-4/h25-31,36-53,56-62H,7-24,32-35,54-55H2,1-6H3. The SMILES string of the molecule is CCCCCCCCCCC1(CCCCCCCCCC)c2ccccc2-c2ccc(N(c3ccc(-c4ccccc4)cc3)c3ccc(-c4ccc5c(c4)c4ccccc4n5-c4cc(C)cc(-c5cc(CCCC)c(C)cc5CCCC)c4)cc3)cc21. The van der Waals surface area contributed by atoms with Gasteiger partial charge in [-0.3, -0.25) is 0 Å². The first-order valence-electron chi connectivity index (χ1n) is 34.4. The Kier molecular flexibility index (Phi) is 20.8. The van der Waals surface area contributed by atoms with Crippen molar-refractivity contribution in [1.82, 2.24) is 4.57 Å². The Morgan fingerprint density at radius 3 is 1.51 bits per heavy atom. The minimum atomic E-state index is -0.0146. The van der Waals surface area contributed by atoms with Gasteiger partial charge in [0, 0.05) is 38.9 Å². The molecule has 2 heteroatoms. The molecule has 448 valence electrons. The second-order valence-corrected chi connectivity index (χ2v) is 25.9. The number of aryl methyl sites for hydroxylation is 4. The molecule has 0 saturated heterocycles. The van der Waals surface area contributed by atoms with E-state index in [2.05, 4.69) is 245 Å². The summed E-state index contributed by atoms with van der Waals surface area (Å²) in [7, 11) is 0. The summed E-state index contributed by atoms with van der Waals surface area (Å²) in [6.07, 6.45) is 30.9. The molecule has 0 atom stereocenters. The van der Waals surface area contributed by atoms with E-state index >= 15 is 0 Å². The van der Waals surface area contributed by atoms with Gasteiger partial charge in [-0.1, -0.05) is 271 Å². The molecule has 1 aliphatic rings. The molecule has 10 aromatic rings. The maximum Gasteiger partial charge on any atom is 0.0541 e. The molecular weight excluding hydrogens is 1050 g/mol. The average Bonchev–Trinajstić information content (AvgIpc) is 1.61. The molecule has 11 rings (SSSR count). The van der Waals surface area contributed by atoms with Gasteiger partial charge in [-0.15, -0.1) is 0 Å². The van der Waals surface area contributed by atoms with Crippen molar-refractivity contribution in [3.05, 3.63) is 228 Å². The smallest absolute Gasteiger partial charge is 0.0541 e. The van der Waals surface area contributed by atoms with Crippen molar-refractivity contribution in [2.24, 2.45) is 0 Å². The van der Waals surface area contributed by atoms with Crippen molar-refractivity contribution in [3.8, 4) is 50.2 Å². The normalized spacial score (nSPS) is 12.5. The topological polar surface area (TPSA) is 8.17 Å². The second kappa shape index (κ2) is 29.5. The van der Waals surface area contributed by atoms with E-state index in [0.29, 0.717) is 0 Å². The first-order valence-corrected chi connectivity index (χ1v) is 34.4. The zero-order valence-electron chi connectivity index (χ0n) is 53.8. The number of para-hydroxylation sites is 1. The lowest BCUT2D eigenvalue weighted by Crippen LogP contribution is -2.26. The van der Waals surface area contributed by atoms with Gasteiger partial charge >= 0.3 is 0 Å². The minimum Gasteiger partial charge on any atom is -0.310 e. The van der Waals surface area contributed by atoms with Crippen LogP contribution in [0.4, 0.5) is 17.1 Å². The molecule has 0 fully saturated rings. The van der Waals surface area contributed by atoms with Crippen molar-refractivity contribution in [1.29, 1.82) is 0 Å². The van der Waals surface area contributed by atoms with E-state index in [-0.39, 0.29) is 5.41 Å². The predicted molar refractivity (Wildman–Crippen MR) is 379 cm³/mol. The zero-order valence-corrected chi connectivity index (χ0v) is 53.8. The number of rotatable bonds is 31. The van der Waals surface area contributed by atoms with Gasteiger partial charge in [0.1, 0.15) is 0 Å². The van der Waals surface area contributed by atoms with Gasteiger partial charge in [0.15, 0.2) is 0 Å². The Morgan fingerprint density at radius 1 is 0.333 bits per heavy atom. The summed E-state index contributed by atoms with van der Waals surface area (Å²) in [6, 6.07) is 75.1. The van der Waals surface area contributed by atoms with Crippen LogP contribution >= 0.6 is 0 Å². The van der Waals surface area contributed by atoms with E-state index in [0.717, 1.165) is 18.5 Å². The number of nitrogens with zero attached hydrogens (tertiary/aromatic N) is 2. The number of benzene rings is 9. The monoisotopic (exact) mass is 1150 g/mol. The summed E-state index contributed by atoms with van der Waals surface area (Å²) in [6.45, 7) is 13.9. The molecule has 2 nitrogen and oxygen atoms in total. The number of anilines is 3. The first kappa shape index (κ1) is 61.2. The van der Waals surface area contributed by atoms with Gasteiger partial charge in [0.05, 0.1) is 11.0 Å². The molecule has 0 aliphatic heterocycles. The molecule has 9 aromatic carbocycles. The molecule has 1 aromatic heterocycles. The average molecular weight is 1150 g/mol. The lowest BCUT2D eigenvalue weighted by atomic mass is 9.70. The Labute approximate surface area is 524 Å². The van der Waals surface area contributed by atoms with Crippen LogP contribution in [0.1, 0.15) is 202 Å². The van der Waals surface area contributed by atoms with Gasteiger partial charge in [-0.05, 0) is 197 Å². The van der Waals surface area contributed by atoms with Crippen molar-refractivity contribution in [2.75, 3.05) is 4.90 Å². The molecule has 0 N–H and O–H groups in total. The van der Waals surface area contributed by atoms with Crippen LogP contribution in [0.2, 0.25) is 0 Å². The van der Waals surface area contributed by atoms with Crippen LogP contribution in [0.3, 0.4) is 0 Å². The van der Waals surface area contributed by atoms with Crippen molar-refractivity contribution in [3.63, 3.8) is 0 Å². The fourth-order valence-electron chi connectivity index (χ4n) is 14.8. The lowest BCUT2D eigenvalue weighted by molar-refractivity contribution is 0.397. The van der Waals surface area contributed by atoms with Gasteiger partial charge in [0.25, 0.3) is 0 Å². The highest BCUT2D eigenvalue weighted by Crippen LogP contribution is 2.56. The van der Waals surface area contributed by atoms with Gasteiger partial charge in [-0.25, -0.2) is 0 Å². The number of hydrogen-bond donors (Lipinski definition) is 0. The highest BCUT2D eigenvalue weighted by Gasteiger charge is 2.42. The highest BCUT2D eigenvalue weighted by molar-refractivity contribution is 6.10. The summed E-state index contributed by atoms with van der Waals surface area (Å²) in [5.74, 6) is 0. The van der Waals surface area contributed by atoms with Crippen LogP contribution in [0, 0.1) is 13.8 Å². The van der Waals surface area contributed by atoms with Gasteiger partial charge in [0.2, 0.25) is 0 Å². The van der Waals surface area contributed by atoms with Crippen molar-refractivity contribution < 1.29 is 0 Å². The molecule has 0 amide bonds. The molecule has 0 saturated carbocycles. The Balaban J connectivity index is 0.957. The van der Waals surface area contributed by atoms with Crippen LogP contribution in [0.15, 0.2) is 194 Å². The van der Waals surface area contributed by atoms with E-state index in [1.54, 1.807) is 5.56 Å². The third-order valence-corrected chi connectivity index (χ3v) is 19.6. The molecule has 87 heavy (non-hydrogen) atoms. The quantitative estimate of drug-likeness (QED) is 0.0393. The highest BCUT2D eigenvalue weighted by atomic mass is 15.1. The lowest BCUT2D eigenvalue weighted by Gasteiger charge is -2.34. The summed E-state index contributed by atoms with van der Waals surface area (Å²) in [4.78, 5) is 2.53. The number of aromatic nitrogens is 1. The van der Waals surface area contributed by atoms with E-state index in [1.165, 1.54) is 252 Å². The Hall–Kier alpha value is -7.42. The summed E-state index contributed by atoms with van der Waals surface area (Å²) < 4.78 is 2.52. The molecule has 0 spiro atoms. The summed E-state index contributed by atoms with van der Waals surface area (Å²) in [5, 5.41) is 2.55. The van der Waals surface area contributed by atoms with Crippen LogP contribution in [-0.2, 0) is 18.3 Å². The molecule has 0 bridgehead atoms. The summed E-state index contributed by atoms with van der Waals surface area (Å²) in [5.41, 5.74) is 26.5. The molecule has 0 radical (unpaired) electrons. The van der Waals surface area contributed by atoms with E-state index in [4.69, 9.17) is 0 Å². The maximum atomic E-state index is 2.63. The number of fused-ring (bicyclic) bond motifs is 6. The number of hydrogen-bond acceptors (Lipinski definition) is 1. The second-order valence-electron chi connectivity index (χ2n) is 25.9. The first-order chi connectivity index (χ1) is 42.8. The largest absolute Gasteiger partial charge is 0.310 e. The van der Waals surface area contributed by atoms with E-state index < -0.39 is 0 Å². The third kappa shape index (κ3) is 13.8. The Bertz CT molecular complexity index is 3820. The maximum absolute atomic E-state index is 2.63. The van der Waals surface area contributed by atoms with Crippen LogP contribution in [0.5, 0.6) is 0 Å². The van der Waals surface area contributed by atoms with E-state index in [9.17, 15) is 0 Å². The molecular formula is C85H98N2. The predicted octanol–water partition coefficient (Wildman–Crippen LogP) is 25.9. The fraction of sp³-hybridized carbons (Fsp3) is 0.365. The van der Waals surface area contributed by atoms with Crippen molar-refractivity contribution >= 4 is 38.9 Å². The van der Waals surface area contributed by atoms with Crippen LogP contribution < -0.4 is 4.90 Å². The van der Waals surface area contributed by atoms with Crippen molar-refractivity contribution in [2.45, 2.75) is 201 Å². The zero-order chi connectivity index (χ0) is 60.0. The molecule has 1 aliphatic carbocycles. The van der Waals surface area contributed by atoms with Gasteiger partial charge < -0.3 is 9.47 Å². The number of unbranched alkanes of at least 4 members (excludes halogenated alkanes) is 16. The molecule has 0 unspecified atom stereocenters. The minimum absolute atomic E-state index is 0.0146. The molecule has 1 heterocycles. The van der Waals surface area contributed by atoms with Gasteiger partial charge in [-0.2, -0.15) is 0 Å². The van der Waals surface area contributed by atoms with Crippen LogP contribution in [0.25, 0.3) is 72.0 Å². The Morgan fingerprint density at radius 2 is 0.851 bits per heavy atom. The van der Waals surface area contributed by atoms with E-state index in [1.807, 2.05) is 0 Å². The summed E-state index contributed by atoms with van der Waals surface area (Å²) >= 11 is 0. The fourth-order valence-corrected chi connectivity index (χ4v) is 14.8. The van der Waals surface area contributed by atoms with Crippen LogP contribution in [-0.4, -0.2) is 4.57 Å². The third-order valence-electron chi connectivity index (χ3n) is 19.6.